The van der Waals surface area contributed by atoms with Gasteiger partial charge in [0.25, 0.3) is 0 Å². The number of para-hydroxylation sites is 1. The lowest BCUT2D eigenvalue weighted by molar-refractivity contribution is 0.298. The molecular formula is C14H17N3O. The quantitative estimate of drug-likeness (QED) is 0.877. The number of nitrogens with one attached hydrogen (secondary N) is 1. The van der Waals surface area contributed by atoms with Crippen LogP contribution in [0.2, 0.25) is 0 Å². The molecule has 1 heterocycles. The molecule has 1 aromatic carbocycles. The SMILES string of the molecule is CCc1ccccc1OCc1cnc(NC)cn1. The second kappa shape index (κ2) is 6.00. The first-order chi connectivity index (χ1) is 8.83. The number of benzene rings is 1. The Morgan fingerprint density at radius 3 is 2.67 bits per heavy atom. The second-order valence-electron chi connectivity index (χ2n) is 3.89. The zero-order valence-electron chi connectivity index (χ0n) is 10.7. The van der Waals surface area contributed by atoms with Crippen LogP contribution in [0, 0.1) is 0 Å². The molecule has 0 radical (unpaired) electrons. The van der Waals surface area contributed by atoms with Crippen molar-refractivity contribution >= 4 is 5.82 Å². The lowest BCUT2D eigenvalue weighted by atomic mass is 10.1. The van der Waals surface area contributed by atoms with Crippen molar-refractivity contribution in [1.29, 1.82) is 0 Å². The van der Waals surface area contributed by atoms with Crippen molar-refractivity contribution in [1.82, 2.24) is 9.97 Å². The predicted molar refractivity (Wildman–Crippen MR) is 71.7 cm³/mol. The van der Waals surface area contributed by atoms with E-state index in [0.29, 0.717) is 6.61 Å². The molecule has 2 rings (SSSR count). The van der Waals surface area contributed by atoms with Crippen molar-refractivity contribution < 1.29 is 4.74 Å². The van der Waals surface area contributed by atoms with Gasteiger partial charge in [0.05, 0.1) is 18.1 Å². The number of hydrogen-bond donors (Lipinski definition) is 1. The minimum absolute atomic E-state index is 0.438. The van der Waals surface area contributed by atoms with Gasteiger partial charge in [0.15, 0.2) is 0 Å². The monoisotopic (exact) mass is 243 g/mol. The average molecular weight is 243 g/mol. The topological polar surface area (TPSA) is 47.0 Å². The van der Waals surface area contributed by atoms with Crippen LogP contribution in [0.25, 0.3) is 0 Å². The van der Waals surface area contributed by atoms with Gasteiger partial charge in [-0.3, -0.25) is 4.98 Å². The summed E-state index contributed by atoms with van der Waals surface area (Å²) in [7, 11) is 1.82. The van der Waals surface area contributed by atoms with Crippen molar-refractivity contribution in [3.63, 3.8) is 0 Å². The van der Waals surface area contributed by atoms with Gasteiger partial charge < -0.3 is 10.1 Å². The number of aryl methyl sites for hydroxylation is 1. The van der Waals surface area contributed by atoms with E-state index in [1.54, 1.807) is 12.4 Å². The molecule has 0 aliphatic carbocycles. The Labute approximate surface area is 107 Å². The third-order valence-corrected chi connectivity index (χ3v) is 2.69. The molecule has 0 aliphatic rings. The van der Waals surface area contributed by atoms with Crippen LogP contribution in [0.5, 0.6) is 5.75 Å². The van der Waals surface area contributed by atoms with Gasteiger partial charge >= 0.3 is 0 Å². The summed E-state index contributed by atoms with van der Waals surface area (Å²) in [4.78, 5) is 8.47. The fourth-order valence-corrected chi connectivity index (χ4v) is 1.65. The average Bonchev–Trinajstić information content (AvgIpc) is 2.46. The Morgan fingerprint density at radius 2 is 2.00 bits per heavy atom. The van der Waals surface area contributed by atoms with E-state index in [9.17, 15) is 0 Å². The third-order valence-electron chi connectivity index (χ3n) is 2.69. The standard InChI is InChI=1S/C14H17N3O/c1-3-11-6-4-5-7-13(11)18-10-12-8-17-14(15-2)9-16-12/h4-9H,3,10H2,1-2H3,(H,15,17). The van der Waals surface area contributed by atoms with Crippen LogP contribution in [0.4, 0.5) is 5.82 Å². The van der Waals surface area contributed by atoms with E-state index in [4.69, 9.17) is 4.74 Å². The summed E-state index contributed by atoms with van der Waals surface area (Å²) in [5.74, 6) is 1.67. The fourth-order valence-electron chi connectivity index (χ4n) is 1.65. The third kappa shape index (κ3) is 2.97. The van der Waals surface area contributed by atoms with Crippen LogP contribution in [-0.4, -0.2) is 17.0 Å². The minimum atomic E-state index is 0.438. The number of ether oxygens (including phenoxy) is 1. The van der Waals surface area contributed by atoms with Crippen LogP contribution in [0.3, 0.4) is 0 Å². The van der Waals surface area contributed by atoms with Gasteiger partial charge in [0, 0.05) is 7.05 Å². The Bertz CT molecular complexity index is 497. The molecule has 0 saturated heterocycles. The molecule has 0 unspecified atom stereocenters. The highest BCUT2D eigenvalue weighted by Gasteiger charge is 2.02. The largest absolute Gasteiger partial charge is 0.487 e. The molecule has 0 bridgehead atoms. The maximum absolute atomic E-state index is 5.76. The number of rotatable bonds is 5. The molecule has 1 aromatic heterocycles. The summed E-state index contributed by atoms with van der Waals surface area (Å²) in [5.41, 5.74) is 2.03. The molecule has 0 fully saturated rings. The molecule has 0 aliphatic heterocycles. The highest BCUT2D eigenvalue weighted by atomic mass is 16.5. The highest BCUT2D eigenvalue weighted by Crippen LogP contribution is 2.19. The summed E-state index contributed by atoms with van der Waals surface area (Å²) < 4.78 is 5.76. The van der Waals surface area contributed by atoms with Crippen molar-refractivity contribution in [2.24, 2.45) is 0 Å². The number of aromatic nitrogens is 2. The second-order valence-corrected chi connectivity index (χ2v) is 3.89. The highest BCUT2D eigenvalue weighted by molar-refractivity contribution is 5.33. The molecule has 0 spiro atoms. The molecule has 4 nitrogen and oxygen atoms in total. The molecule has 18 heavy (non-hydrogen) atoms. The van der Waals surface area contributed by atoms with Crippen LogP contribution in [0.1, 0.15) is 18.2 Å². The molecule has 94 valence electrons. The van der Waals surface area contributed by atoms with Crippen molar-refractivity contribution in [3.8, 4) is 5.75 Å². The number of nitrogens with zero attached hydrogens (tertiary/aromatic N) is 2. The van der Waals surface area contributed by atoms with E-state index in [2.05, 4.69) is 28.3 Å². The summed E-state index contributed by atoms with van der Waals surface area (Å²) in [6, 6.07) is 8.05. The van der Waals surface area contributed by atoms with E-state index in [0.717, 1.165) is 23.7 Å². The summed E-state index contributed by atoms with van der Waals surface area (Å²) in [6.45, 7) is 2.55. The first kappa shape index (κ1) is 12.4. The molecule has 1 N–H and O–H groups in total. The maximum Gasteiger partial charge on any atom is 0.144 e. The lowest BCUT2D eigenvalue weighted by Crippen LogP contribution is -2.02. The van der Waals surface area contributed by atoms with E-state index in [1.807, 2.05) is 25.2 Å². The smallest absolute Gasteiger partial charge is 0.144 e. The van der Waals surface area contributed by atoms with Gasteiger partial charge in [-0.15, -0.1) is 0 Å². The Hall–Kier alpha value is -2.10. The van der Waals surface area contributed by atoms with Crippen molar-refractivity contribution in [2.45, 2.75) is 20.0 Å². The Morgan fingerprint density at radius 1 is 1.17 bits per heavy atom. The zero-order valence-corrected chi connectivity index (χ0v) is 10.7. The summed E-state index contributed by atoms with van der Waals surface area (Å²) >= 11 is 0. The van der Waals surface area contributed by atoms with Gasteiger partial charge in [0.2, 0.25) is 0 Å². The Balaban J connectivity index is 2.02. The van der Waals surface area contributed by atoms with Crippen LogP contribution >= 0.6 is 0 Å². The minimum Gasteiger partial charge on any atom is -0.487 e. The van der Waals surface area contributed by atoms with Crippen LogP contribution in [0.15, 0.2) is 36.7 Å². The first-order valence-corrected chi connectivity index (χ1v) is 6.03. The Kier molecular flexibility index (Phi) is 4.12. The van der Waals surface area contributed by atoms with Gasteiger partial charge in [-0.05, 0) is 18.1 Å². The zero-order chi connectivity index (χ0) is 12.8. The predicted octanol–water partition coefficient (Wildman–Crippen LogP) is 2.66. The van der Waals surface area contributed by atoms with E-state index >= 15 is 0 Å². The fraction of sp³-hybridized carbons (Fsp3) is 0.286. The molecule has 2 aromatic rings. The van der Waals surface area contributed by atoms with Crippen LogP contribution in [-0.2, 0) is 13.0 Å². The van der Waals surface area contributed by atoms with Gasteiger partial charge in [-0.2, -0.15) is 0 Å². The van der Waals surface area contributed by atoms with E-state index < -0.39 is 0 Å². The molecule has 0 saturated carbocycles. The van der Waals surface area contributed by atoms with Gasteiger partial charge in [-0.1, -0.05) is 25.1 Å². The first-order valence-electron chi connectivity index (χ1n) is 6.03. The molecule has 0 atom stereocenters. The summed E-state index contributed by atoms with van der Waals surface area (Å²) in [5, 5.41) is 2.93. The van der Waals surface area contributed by atoms with Crippen LogP contribution < -0.4 is 10.1 Å². The molecular weight excluding hydrogens is 226 g/mol. The van der Waals surface area contributed by atoms with Gasteiger partial charge in [-0.25, -0.2) is 4.98 Å². The van der Waals surface area contributed by atoms with E-state index in [-0.39, 0.29) is 0 Å². The maximum atomic E-state index is 5.76. The molecule has 4 heteroatoms. The molecule has 0 amide bonds. The van der Waals surface area contributed by atoms with Gasteiger partial charge in [0.1, 0.15) is 18.2 Å². The van der Waals surface area contributed by atoms with Crippen molar-refractivity contribution in [2.75, 3.05) is 12.4 Å². The number of hydrogen-bond acceptors (Lipinski definition) is 4. The van der Waals surface area contributed by atoms with E-state index in [1.165, 1.54) is 5.56 Å². The van der Waals surface area contributed by atoms with Crippen molar-refractivity contribution in [3.05, 3.63) is 47.9 Å². The number of anilines is 1. The normalized spacial score (nSPS) is 10.1. The summed E-state index contributed by atoms with van der Waals surface area (Å²) in [6.07, 6.45) is 4.38. The lowest BCUT2D eigenvalue weighted by Gasteiger charge is -2.09.